The Kier molecular flexibility index (Phi) is 9.63. The number of sulfonamides is 1. The largest absolute Gasteiger partial charge is 0.352 e. The van der Waals surface area contributed by atoms with E-state index < -0.39 is 28.5 Å². The molecule has 1 saturated carbocycles. The third-order valence-electron chi connectivity index (χ3n) is 7.77. The summed E-state index contributed by atoms with van der Waals surface area (Å²) < 4.78 is 29.1. The van der Waals surface area contributed by atoms with Crippen LogP contribution in [0.3, 0.4) is 0 Å². The average Bonchev–Trinajstić information content (AvgIpc) is 2.97. The zero-order valence-electron chi connectivity index (χ0n) is 23.5. The molecule has 1 fully saturated rings. The number of nitrogens with zero attached hydrogens (tertiary/aromatic N) is 2. The summed E-state index contributed by atoms with van der Waals surface area (Å²) in [6, 6.07) is 22.3. The van der Waals surface area contributed by atoms with E-state index in [9.17, 15) is 18.0 Å². The van der Waals surface area contributed by atoms with Crippen molar-refractivity contribution >= 4 is 27.5 Å². The van der Waals surface area contributed by atoms with Crippen LogP contribution in [0.15, 0.2) is 83.8 Å². The zero-order valence-corrected chi connectivity index (χ0v) is 24.4. The highest BCUT2D eigenvalue weighted by molar-refractivity contribution is 7.92. The molecule has 1 aliphatic rings. The van der Waals surface area contributed by atoms with Gasteiger partial charge in [-0.25, -0.2) is 8.42 Å². The summed E-state index contributed by atoms with van der Waals surface area (Å²) in [4.78, 5) is 29.1. The molecule has 0 aromatic heterocycles. The fraction of sp³-hybridized carbons (Fsp3) is 0.375. The Morgan fingerprint density at radius 3 is 2.15 bits per heavy atom. The van der Waals surface area contributed by atoms with Crippen LogP contribution in [0.5, 0.6) is 0 Å². The van der Waals surface area contributed by atoms with Crippen LogP contribution in [-0.4, -0.2) is 43.8 Å². The number of anilines is 1. The van der Waals surface area contributed by atoms with Crippen LogP contribution in [0.1, 0.15) is 55.7 Å². The molecule has 0 saturated heterocycles. The van der Waals surface area contributed by atoms with Crippen molar-refractivity contribution < 1.29 is 18.0 Å². The second-order valence-electron chi connectivity index (χ2n) is 10.6. The molecule has 0 bridgehead atoms. The van der Waals surface area contributed by atoms with Gasteiger partial charge in [0.25, 0.3) is 10.0 Å². The van der Waals surface area contributed by atoms with Gasteiger partial charge >= 0.3 is 0 Å². The Bertz CT molecular complexity index is 1400. The number of rotatable bonds is 10. The number of aryl methyl sites for hydroxylation is 1. The average molecular weight is 562 g/mol. The van der Waals surface area contributed by atoms with E-state index in [1.807, 2.05) is 50.2 Å². The minimum atomic E-state index is -4.08. The lowest BCUT2D eigenvalue weighted by atomic mass is 9.95. The second kappa shape index (κ2) is 13.1. The fourth-order valence-corrected chi connectivity index (χ4v) is 6.66. The van der Waals surface area contributed by atoms with Gasteiger partial charge in [-0.05, 0) is 68.5 Å². The van der Waals surface area contributed by atoms with Gasteiger partial charge in [-0.15, -0.1) is 0 Å². The second-order valence-corrected chi connectivity index (χ2v) is 12.4. The molecule has 0 spiro atoms. The third kappa shape index (κ3) is 6.91. The van der Waals surface area contributed by atoms with Crippen molar-refractivity contribution in [3.63, 3.8) is 0 Å². The van der Waals surface area contributed by atoms with Crippen LogP contribution < -0.4 is 9.62 Å². The quantitative estimate of drug-likeness (QED) is 0.361. The van der Waals surface area contributed by atoms with E-state index >= 15 is 0 Å². The number of carbonyl (C=O) groups is 2. The van der Waals surface area contributed by atoms with E-state index in [2.05, 4.69) is 5.32 Å². The summed E-state index contributed by atoms with van der Waals surface area (Å²) in [5.41, 5.74) is 2.99. The van der Waals surface area contributed by atoms with Gasteiger partial charge in [0, 0.05) is 12.6 Å². The SMILES string of the molecule is Cc1cccc(N(CC(=O)N(Cc2ccccc2)C(C)C(=O)NC2CCCCC2)S(=O)(=O)c2ccccc2)c1C. The highest BCUT2D eigenvalue weighted by Gasteiger charge is 2.33. The summed E-state index contributed by atoms with van der Waals surface area (Å²) in [7, 11) is -4.08. The van der Waals surface area contributed by atoms with Gasteiger partial charge in [0.1, 0.15) is 12.6 Å². The molecule has 1 N–H and O–H groups in total. The lowest BCUT2D eigenvalue weighted by Gasteiger charge is -2.33. The van der Waals surface area contributed by atoms with Gasteiger partial charge < -0.3 is 10.2 Å². The van der Waals surface area contributed by atoms with Gasteiger partial charge in [-0.1, -0.05) is 79.9 Å². The maximum atomic E-state index is 14.1. The first kappa shape index (κ1) is 29.3. The van der Waals surface area contributed by atoms with E-state index in [0.29, 0.717) is 5.69 Å². The van der Waals surface area contributed by atoms with Crippen molar-refractivity contribution in [3.8, 4) is 0 Å². The maximum Gasteiger partial charge on any atom is 0.264 e. The van der Waals surface area contributed by atoms with E-state index in [0.717, 1.165) is 42.4 Å². The van der Waals surface area contributed by atoms with Gasteiger partial charge in [0.05, 0.1) is 10.6 Å². The van der Waals surface area contributed by atoms with Crippen molar-refractivity contribution in [2.75, 3.05) is 10.8 Å². The smallest absolute Gasteiger partial charge is 0.264 e. The molecule has 2 amide bonds. The van der Waals surface area contributed by atoms with Crippen LogP contribution in [0, 0.1) is 13.8 Å². The summed E-state index contributed by atoms with van der Waals surface area (Å²) in [5.74, 6) is -0.670. The Morgan fingerprint density at radius 2 is 1.50 bits per heavy atom. The van der Waals surface area contributed by atoms with Crippen molar-refractivity contribution in [3.05, 3.63) is 95.6 Å². The standard InChI is InChI=1S/C32H39N3O4S/c1-24-14-13-21-30(25(24)2)35(40(38,39)29-19-11-6-12-20-29)23-31(36)34(22-27-15-7-4-8-16-27)26(3)32(37)33-28-17-9-5-10-18-28/h4,6-8,11-16,19-21,26,28H,5,9-10,17-18,22-23H2,1-3H3,(H,33,37). The summed E-state index contributed by atoms with van der Waals surface area (Å²) in [6.07, 6.45) is 5.19. The third-order valence-corrected chi connectivity index (χ3v) is 9.54. The van der Waals surface area contributed by atoms with Gasteiger partial charge in [0.2, 0.25) is 11.8 Å². The topological polar surface area (TPSA) is 86.8 Å². The van der Waals surface area contributed by atoms with Crippen LogP contribution >= 0.6 is 0 Å². The predicted octanol–water partition coefficient (Wildman–Crippen LogP) is 5.36. The summed E-state index contributed by atoms with van der Waals surface area (Å²) >= 11 is 0. The molecule has 40 heavy (non-hydrogen) atoms. The molecular formula is C32H39N3O4S. The number of benzene rings is 3. The molecule has 1 aliphatic carbocycles. The van der Waals surface area contributed by atoms with E-state index in [1.165, 1.54) is 27.8 Å². The lowest BCUT2D eigenvalue weighted by Crippen LogP contribution is -2.53. The Hall–Kier alpha value is -3.65. The van der Waals surface area contributed by atoms with Crippen LogP contribution in [0.2, 0.25) is 0 Å². The molecule has 1 atom stereocenters. The van der Waals surface area contributed by atoms with E-state index in [4.69, 9.17) is 0 Å². The number of amides is 2. The molecule has 0 aliphatic heterocycles. The molecule has 212 valence electrons. The summed E-state index contributed by atoms with van der Waals surface area (Å²) in [6.45, 7) is 5.23. The van der Waals surface area contributed by atoms with Crippen molar-refractivity contribution in [2.24, 2.45) is 0 Å². The predicted molar refractivity (Wildman–Crippen MR) is 158 cm³/mol. The first-order valence-corrected chi connectivity index (χ1v) is 15.4. The first-order chi connectivity index (χ1) is 19.2. The molecular weight excluding hydrogens is 522 g/mol. The van der Waals surface area contributed by atoms with Crippen LogP contribution in [-0.2, 0) is 26.2 Å². The lowest BCUT2D eigenvalue weighted by molar-refractivity contribution is -0.139. The van der Waals surface area contributed by atoms with E-state index in [-0.39, 0.29) is 23.4 Å². The monoisotopic (exact) mass is 561 g/mol. The van der Waals surface area contributed by atoms with Gasteiger partial charge in [-0.3, -0.25) is 13.9 Å². The van der Waals surface area contributed by atoms with Crippen LogP contribution in [0.4, 0.5) is 5.69 Å². The van der Waals surface area contributed by atoms with Crippen molar-refractivity contribution in [1.29, 1.82) is 0 Å². The maximum absolute atomic E-state index is 14.1. The molecule has 3 aromatic rings. The van der Waals surface area contributed by atoms with Gasteiger partial charge in [-0.2, -0.15) is 0 Å². The fourth-order valence-electron chi connectivity index (χ4n) is 5.17. The normalized spacial score (nSPS) is 14.8. The van der Waals surface area contributed by atoms with Crippen molar-refractivity contribution in [1.82, 2.24) is 10.2 Å². The number of hydrogen-bond donors (Lipinski definition) is 1. The Morgan fingerprint density at radius 1 is 0.875 bits per heavy atom. The number of nitrogens with one attached hydrogen (secondary N) is 1. The van der Waals surface area contributed by atoms with Crippen LogP contribution in [0.25, 0.3) is 0 Å². The Balaban J connectivity index is 1.68. The number of hydrogen-bond acceptors (Lipinski definition) is 4. The molecule has 8 heteroatoms. The minimum Gasteiger partial charge on any atom is -0.352 e. The molecule has 1 unspecified atom stereocenters. The molecule has 3 aromatic carbocycles. The number of carbonyl (C=O) groups excluding carboxylic acids is 2. The molecule has 0 heterocycles. The molecule has 0 radical (unpaired) electrons. The minimum absolute atomic E-state index is 0.0985. The molecule has 7 nitrogen and oxygen atoms in total. The highest BCUT2D eigenvalue weighted by atomic mass is 32.2. The zero-order chi connectivity index (χ0) is 28.7. The first-order valence-electron chi connectivity index (χ1n) is 14.0. The van der Waals surface area contributed by atoms with E-state index in [1.54, 1.807) is 37.3 Å². The Labute approximate surface area is 238 Å². The van der Waals surface area contributed by atoms with Crippen molar-refractivity contribution in [2.45, 2.75) is 76.4 Å². The van der Waals surface area contributed by atoms with Gasteiger partial charge in [0.15, 0.2) is 0 Å². The molecule has 4 rings (SSSR count). The summed E-state index contributed by atoms with van der Waals surface area (Å²) in [5, 5.41) is 3.13. The highest BCUT2D eigenvalue weighted by Crippen LogP contribution is 2.29.